The molecule has 0 saturated carbocycles. The molecule has 0 unspecified atom stereocenters. The number of ether oxygens (including phenoxy) is 1. The molecule has 5 heteroatoms. The Bertz CT molecular complexity index is 1100. The van der Waals surface area contributed by atoms with E-state index in [0.29, 0.717) is 17.4 Å². The van der Waals surface area contributed by atoms with Gasteiger partial charge in [0.15, 0.2) is 0 Å². The molecule has 0 fully saturated rings. The molecule has 1 N–H and O–H groups in total. The number of aromatic carboxylic acids is 1. The molecule has 174 valence electrons. The van der Waals surface area contributed by atoms with Crippen molar-refractivity contribution in [2.75, 3.05) is 0 Å². The molecule has 0 bridgehead atoms. The zero-order valence-electron chi connectivity index (χ0n) is 20.0. The van der Waals surface area contributed by atoms with E-state index in [9.17, 15) is 9.90 Å². The third-order valence-electron chi connectivity index (χ3n) is 6.06. The zero-order chi connectivity index (χ0) is 24.2. The number of halogens is 1. The van der Waals surface area contributed by atoms with Crippen LogP contribution in [0.5, 0.6) is 5.75 Å². The normalized spacial score (nSPS) is 11.6. The summed E-state index contributed by atoms with van der Waals surface area (Å²) in [5.41, 5.74) is 4.65. The molecule has 4 nitrogen and oxygen atoms in total. The van der Waals surface area contributed by atoms with Crippen LogP contribution in [0.15, 0.2) is 59.1 Å². The maximum atomic E-state index is 12.1. The van der Waals surface area contributed by atoms with Crippen LogP contribution in [-0.2, 0) is 18.4 Å². The van der Waals surface area contributed by atoms with Crippen LogP contribution in [-0.4, -0.2) is 16.1 Å². The van der Waals surface area contributed by atoms with Crippen molar-refractivity contribution in [3.8, 4) is 16.9 Å². The third-order valence-corrected chi connectivity index (χ3v) is 6.59. The summed E-state index contributed by atoms with van der Waals surface area (Å²) in [5, 5.41) is 9.90. The number of benzene rings is 2. The molecule has 3 aromatic rings. The van der Waals surface area contributed by atoms with E-state index in [1.165, 1.54) is 5.56 Å². The van der Waals surface area contributed by atoms with Crippen LogP contribution in [0.4, 0.5) is 0 Å². The molecule has 2 aromatic carbocycles. The van der Waals surface area contributed by atoms with E-state index in [2.05, 4.69) is 62.7 Å². The molecule has 0 saturated heterocycles. The molecular weight excluding hydrogens is 478 g/mol. The highest BCUT2D eigenvalue weighted by Gasteiger charge is 2.20. The van der Waals surface area contributed by atoms with Crippen LogP contribution in [0.25, 0.3) is 11.1 Å². The molecule has 0 aliphatic carbocycles. The Morgan fingerprint density at radius 1 is 1.06 bits per heavy atom. The van der Waals surface area contributed by atoms with Crippen molar-refractivity contribution in [2.45, 2.75) is 59.5 Å². The minimum Gasteiger partial charge on any atom is -0.487 e. The van der Waals surface area contributed by atoms with Crippen LogP contribution in [0.1, 0.15) is 68.3 Å². The van der Waals surface area contributed by atoms with Crippen LogP contribution in [0, 0.1) is 5.92 Å². The lowest BCUT2D eigenvalue weighted by atomic mass is 9.82. The highest BCUT2D eigenvalue weighted by atomic mass is 79.9. The van der Waals surface area contributed by atoms with E-state index >= 15 is 0 Å². The van der Waals surface area contributed by atoms with Gasteiger partial charge in [-0.2, -0.15) is 0 Å². The lowest BCUT2D eigenvalue weighted by molar-refractivity contribution is 0.0693. The van der Waals surface area contributed by atoms with Gasteiger partial charge in [-0.25, -0.2) is 4.79 Å². The van der Waals surface area contributed by atoms with Crippen molar-refractivity contribution in [3.05, 3.63) is 81.6 Å². The number of carboxylic acids is 1. The second-order valence-corrected chi connectivity index (χ2v) is 10.4. The second-order valence-electron chi connectivity index (χ2n) is 9.44. The number of carbonyl (C=O) groups is 1. The van der Waals surface area contributed by atoms with E-state index in [4.69, 9.17) is 9.72 Å². The summed E-state index contributed by atoms with van der Waals surface area (Å²) in [6.07, 6.45) is 1.79. The minimum absolute atomic E-state index is 0.101. The maximum Gasteiger partial charge on any atom is 0.337 e. The van der Waals surface area contributed by atoms with Crippen molar-refractivity contribution in [1.29, 1.82) is 0 Å². The van der Waals surface area contributed by atoms with Crippen LogP contribution < -0.4 is 4.74 Å². The number of pyridine rings is 1. The highest BCUT2D eigenvalue weighted by molar-refractivity contribution is 9.10. The number of rotatable bonds is 9. The van der Waals surface area contributed by atoms with Crippen LogP contribution >= 0.6 is 15.9 Å². The fourth-order valence-electron chi connectivity index (χ4n) is 3.67. The van der Waals surface area contributed by atoms with Crippen molar-refractivity contribution < 1.29 is 14.6 Å². The molecule has 3 rings (SSSR count). The standard InChI is InChI=1S/C28H32BrNO3/c1-6-28(4,5)20-9-13-22(14-10-20)33-17-26-24(27(31)32)16-23(25(30-26)15-18(2)3)19-7-11-21(29)12-8-19/h7-14,16,18H,6,15,17H2,1-5H3,(H,31,32). The number of hydrogen-bond acceptors (Lipinski definition) is 3. The number of nitrogens with zero attached hydrogens (tertiary/aromatic N) is 1. The summed E-state index contributed by atoms with van der Waals surface area (Å²) in [4.78, 5) is 16.9. The average Bonchev–Trinajstić information content (AvgIpc) is 2.78. The Balaban J connectivity index is 1.94. The van der Waals surface area contributed by atoms with E-state index in [1.807, 2.05) is 36.4 Å². The molecule has 0 spiro atoms. The van der Waals surface area contributed by atoms with Gasteiger partial charge >= 0.3 is 5.97 Å². The van der Waals surface area contributed by atoms with Gasteiger partial charge in [0.05, 0.1) is 11.3 Å². The summed E-state index contributed by atoms with van der Waals surface area (Å²) >= 11 is 3.46. The van der Waals surface area contributed by atoms with Crippen molar-refractivity contribution >= 4 is 21.9 Å². The first kappa shape index (κ1) is 25.0. The Hall–Kier alpha value is -2.66. The average molecular weight is 510 g/mol. The molecule has 1 aromatic heterocycles. The predicted molar refractivity (Wildman–Crippen MR) is 137 cm³/mol. The van der Waals surface area contributed by atoms with Crippen molar-refractivity contribution in [2.24, 2.45) is 5.92 Å². The van der Waals surface area contributed by atoms with E-state index in [1.54, 1.807) is 6.07 Å². The first-order chi connectivity index (χ1) is 15.6. The highest BCUT2D eigenvalue weighted by Crippen LogP contribution is 2.30. The fourth-order valence-corrected chi connectivity index (χ4v) is 3.93. The third kappa shape index (κ3) is 6.23. The summed E-state index contributed by atoms with van der Waals surface area (Å²) in [6.45, 7) is 11.0. The number of hydrogen-bond donors (Lipinski definition) is 1. The van der Waals surface area contributed by atoms with Gasteiger partial charge in [-0.05, 0) is 65.6 Å². The summed E-state index contributed by atoms with van der Waals surface area (Å²) in [6, 6.07) is 17.6. The van der Waals surface area contributed by atoms with Crippen LogP contribution in [0.2, 0.25) is 0 Å². The van der Waals surface area contributed by atoms with Gasteiger partial charge in [-0.3, -0.25) is 4.98 Å². The molecule has 0 radical (unpaired) electrons. The summed E-state index contributed by atoms with van der Waals surface area (Å²) in [7, 11) is 0. The Morgan fingerprint density at radius 3 is 2.24 bits per heavy atom. The van der Waals surface area contributed by atoms with E-state index < -0.39 is 5.97 Å². The quantitative estimate of drug-likeness (QED) is 0.321. The van der Waals surface area contributed by atoms with Gasteiger partial charge in [-0.1, -0.05) is 74.8 Å². The Morgan fingerprint density at radius 2 is 1.70 bits per heavy atom. The van der Waals surface area contributed by atoms with Gasteiger partial charge in [0, 0.05) is 15.7 Å². The Labute approximate surface area is 205 Å². The molecular formula is C28H32BrNO3. The summed E-state index contributed by atoms with van der Waals surface area (Å²) in [5.74, 6) is 0.0763. The predicted octanol–water partition coefficient (Wildman–Crippen LogP) is 7.67. The molecule has 0 atom stereocenters. The smallest absolute Gasteiger partial charge is 0.337 e. The zero-order valence-corrected chi connectivity index (χ0v) is 21.6. The molecule has 1 heterocycles. The lowest BCUT2D eigenvalue weighted by Crippen LogP contribution is -2.15. The topological polar surface area (TPSA) is 59.4 Å². The van der Waals surface area contributed by atoms with Crippen molar-refractivity contribution in [3.63, 3.8) is 0 Å². The molecule has 33 heavy (non-hydrogen) atoms. The first-order valence-electron chi connectivity index (χ1n) is 11.4. The minimum atomic E-state index is -1.00. The molecule has 0 amide bonds. The van der Waals surface area contributed by atoms with Gasteiger partial charge in [0.2, 0.25) is 0 Å². The monoisotopic (exact) mass is 509 g/mol. The molecule has 0 aliphatic heterocycles. The fraction of sp³-hybridized carbons (Fsp3) is 0.357. The van der Waals surface area contributed by atoms with Gasteiger partial charge in [0.25, 0.3) is 0 Å². The van der Waals surface area contributed by atoms with Gasteiger partial charge in [-0.15, -0.1) is 0 Å². The second kappa shape index (κ2) is 10.5. The summed E-state index contributed by atoms with van der Waals surface area (Å²) < 4.78 is 6.95. The number of carboxylic acid groups (broad SMARTS) is 1. The molecule has 0 aliphatic rings. The SMILES string of the molecule is CCC(C)(C)c1ccc(OCc2nc(CC(C)C)c(-c3ccc(Br)cc3)cc2C(=O)O)cc1. The van der Waals surface area contributed by atoms with E-state index in [0.717, 1.165) is 34.1 Å². The Kier molecular flexibility index (Phi) is 7.96. The van der Waals surface area contributed by atoms with Crippen LogP contribution in [0.3, 0.4) is 0 Å². The van der Waals surface area contributed by atoms with E-state index in [-0.39, 0.29) is 17.6 Å². The lowest BCUT2D eigenvalue weighted by Gasteiger charge is -2.23. The first-order valence-corrected chi connectivity index (χ1v) is 12.2. The number of aromatic nitrogens is 1. The largest absolute Gasteiger partial charge is 0.487 e. The van der Waals surface area contributed by atoms with Crippen molar-refractivity contribution in [1.82, 2.24) is 4.98 Å². The maximum absolute atomic E-state index is 12.1. The van der Waals surface area contributed by atoms with Gasteiger partial charge < -0.3 is 9.84 Å². The van der Waals surface area contributed by atoms with Gasteiger partial charge in [0.1, 0.15) is 12.4 Å².